The molecule has 0 aliphatic heterocycles. The lowest BCUT2D eigenvalue weighted by Gasteiger charge is -2.27. The molecular weight excluding hydrogens is 234 g/mol. The molecule has 2 atom stereocenters. The molecule has 0 bridgehead atoms. The van der Waals surface area contributed by atoms with E-state index in [1.165, 1.54) is 25.7 Å². The van der Waals surface area contributed by atoms with Gasteiger partial charge in [0.2, 0.25) is 0 Å². The molecule has 1 aliphatic carbocycles. The molecule has 0 saturated heterocycles. The Bertz CT molecular complexity index is 342. The molecule has 2 rings (SSSR count). The van der Waals surface area contributed by atoms with Gasteiger partial charge in [-0.1, -0.05) is 31.4 Å². The lowest BCUT2D eigenvalue weighted by Crippen LogP contribution is -2.35. The number of aryl methyl sites for hydroxylation is 1. The number of hydrogen-bond acceptors (Lipinski definition) is 2. The quantitative estimate of drug-likeness (QED) is 0.896. The van der Waals surface area contributed by atoms with E-state index in [9.17, 15) is 0 Å². The summed E-state index contributed by atoms with van der Waals surface area (Å²) in [6, 6.07) is 0.700. The highest BCUT2D eigenvalue weighted by Gasteiger charge is 2.17. The standard InChI is InChI=1S/C13H22ClN3/c1-10-4-3-5-12(8-10)15-6-7-17-9-13(14)11(2)16-17/h9-10,12,15H,3-8H2,1-2H3. The maximum absolute atomic E-state index is 5.97. The Morgan fingerprint density at radius 3 is 3.00 bits per heavy atom. The minimum atomic E-state index is 0.700. The molecule has 1 aromatic rings. The minimum absolute atomic E-state index is 0.700. The fourth-order valence-electron chi connectivity index (χ4n) is 2.61. The van der Waals surface area contributed by atoms with Crippen molar-refractivity contribution in [1.29, 1.82) is 0 Å². The van der Waals surface area contributed by atoms with Gasteiger partial charge >= 0.3 is 0 Å². The van der Waals surface area contributed by atoms with Crippen LogP contribution in [0.25, 0.3) is 0 Å². The Balaban J connectivity index is 1.72. The van der Waals surface area contributed by atoms with Gasteiger partial charge < -0.3 is 5.32 Å². The van der Waals surface area contributed by atoms with Gasteiger partial charge in [0.1, 0.15) is 0 Å². The first-order valence-corrected chi connectivity index (χ1v) is 6.96. The van der Waals surface area contributed by atoms with Crippen molar-refractivity contribution in [2.24, 2.45) is 5.92 Å². The second-order valence-electron chi connectivity index (χ2n) is 5.25. The molecule has 3 nitrogen and oxygen atoms in total. The van der Waals surface area contributed by atoms with Crippen LogP contribution in [0.3, 0.4) is 0 Å². The second-order valence-corrected chi connectivity index (χ2v) is 5.66. The minimum Gasteiger partial charge on any atom is -0.312 e. The highest BCUT2D eigenvalue weighted by molar-refractivity contribution is 6.31. The van der Waals surface area contributed by atoms with Gasteiger partial charge in [-0.2, -0.15) is 5.10 Å². The van der Waals surface area contributed by atoms with Crippen molar-refractivity contribution >= 4 is 11.6 Å². The Labute approximate surface area is 109 Å². The predicted molar refractivity (Wildman–Crippen MR) is 71.4 cm³/mol. The Kier molecular flexibility index (Phi) is 4.46. The van der Waals surface area contributed by atoms with Gasteiger partial charge in [0.25, 0.3) is 0 Å². The summed E-state index contributed by atoms with van der Waals surface area (Å²) in [7, 11) is 0. The van der Waals surface area contributed by atoms with Crippen LogP contribution in [0.2, 0.25) is 5.02 Å². The number of nitrogens with zero attached hydrogens (tertiary/aromatic N) is 2. The number of halogens is 1. The maximum atomic E-state index is 5.97. The zero-order valence-corrected chi connectivity index (χ0v) is 11.5. The van der Waals surface area contributed by atoms with E-state index in [2.05, 4.69) is 17.3 Å². The molecule has 1 N–H and O–H groups in total. The largest absolute Gasteiger partial charge is 0.312 e. The van der Waals surface area contributed by atoms with Crippen molar-refractivity contribution in [1.82, 2.24) is 15.1 Å². The van der Waals surface area contributed by atoms with Gasteiger partial charge in [0, 0.05) is 18.8 Å². The Morgan fingerprint density at radius 1 is 1.53 bits per heavy atom. The first kappa shape index (κ1) is 12.9. The van der Waals surface area contributed by atoms with E-state index >= 15 is 0 Å². The Morgan fingerprint density at radius 2 is 2.35 bits per heavy atom. The van der Waals surface area contributed by atoms with Crippen molar-refractivity contribution < 1.29 is 0 Å². The molecule has 1 heterocycles. The molecule has 4 heteroatoms. The monoisotopic (exact) mass is 255 g/mol. The molecular formula is C13H22ClN3. The van der Waals surface area contributed by atoms with Gasteiger partial charge in [-0.05, 0) is 25.7 Å². The van der Waals surface area contributed by atoms with Crippen LogP contribution in [0.15, 0.2) is 6.20 Å². The van der Waals surface area contributed by atoms with Crippen molar-refractivity contribution in [3.8, 4) is 0 Å². The van der Waals surface area contributed by atoms with E-state index in [1.54, 1.807) is 0 Å². The third-order valence-corrected chi connectivity index (χ3v) is 3.97. The van der Waals surface area contributed by atoms with Crippen LogP contribution >= 0.6 is 11.6 Å². The average Bonchev–Trinajstić information content (AvgIpc) is 2.58. The van der Waals surface area contributed by atoms with Crippen molar-refractivity contribution in [3.63, 3.8) is 0 Å². The van der Waals surface area contributed by atoms with Crippen LogP contribution in [0, 0.1) is 12.8 Å². The summed E-state index contributed by atoms with van der Waals surface area (Å²) in [6.07, 6.45) is 7.31. The van der Waals surface area contributed by atoms with Crippen LogP contribution < -0.4 is 5.32 Å². The summed E-state index contributed by atoms with van der Waals surface area (Å²) in [4.78, 5) is 0. The van der Waals surface area contributed by atoms with Crippen LogP contribution in [-0.2, 0) is 6.54 Å². The van der Waals surface area contributed by atoms with Gasteiger partial charge in [0.05, 0.1) is 17.3 Å². The third-order valence-electron chi connectivity index (χ3n) is 3.60. The molecule has 1 aliphatic rings. The van der Waals surface area contributed by atoms with Gasteiger partial charge in [-0.25, -0.2) is 0 Å². The Hall–Kier alpha value is -0.540. The van der Waals surface area contributed by atoms with E-state index < -0.39 is 0 Å². The molecule has 1 aromatic heterocycles. The lowest BCUT2D eigenvalue weighted by molar-refractivity contribution is 0.298. The molecule has 0 amide bonds. The number of aromatic nitrogens is 2. The molecule has 96 valence electrons. The lowest BCUT2D eigenvalue weighted by atomic mass is 9.87. The summed E-state index contributed by atoms with van der Waals surface area (Å²) < 4.78 is 1.93. The van der Waals surface area contributed by atoms with E-state index in [-0.39, 0.29) is 0 Å². The molecule has 0 spiro atoms. The zero-order chi connectivity index (χ0) is 12.3. The second kappa shape index (κ2) is 5.87. The fraction of sp³-hybridized carbons (Fsp3) is 0.769. The molecule has 2 unspecified atom stereocenters. The third kappa shape index (κ3) is 3.71. The summed E-state index contributed by atoms with van der Waals surface area (Å²) in [6.45, 7) is 6.17. The normalized spacial score (nSPS) is 25.1. The number of nitrogens with one attached hydrogen (secondary N) is 1. The molecule has 0 radical (unpaired) electrons. The van der Waals surface area contributed by atoms with E-state index in [0.29, 0.717) is 6.04 Å². The van der Waals surface area contributed by atoms with E-state index in [1.807, 2.05) is 17.8 Å². The average molecular weight is 256 g/mol. The first-order chi connectivity index (χ1) is 8.15. The SMILES string of the molecule is Cc1nn(CCNC2CCCC(C)C2)cc1Cl. The first-order valence-electron chi connectivity index (χ1n) is 6.58. The van der Waals surface area contributed by atoms with Crippen LogP contribution in [0.5, 0.6) is 0 Å². The van der Waals surface area contributed by atoms with Crippen molar-refractivity contribution in [3.05, 3.63) is 16.9 Å². The molecule has 1 saturated carbocycles. The van der Waals surface area contributed by atoms with Crippen LogP contribution in [0.1, 0.15) is 38.3 Å². The van der Waals surface area contributed by atoms with E-state index in [0.717, 1.165) is 29.7 Å². The summed E-state index contributed by atoms with van der Waals surface area (Å²) in [5.74, 6) is 0.877. The number of rotatable bonds is 4. The molecule has 0 aromatic carbocycles. The van der Waals surface area contributed by atoms with Gasteiger partial charge in [-0.3, -0.25) is 4.68 Å². The molecule has 1 fully saturated rings. The van der Waals surface area contributed by atoms with Gasteiger partial charge in [-0.15, -0.1) is 0 Å². The smallest absolute Gasteiger partial charge is 0.0814 e. The highest BCUT2D eigenvalue weighted by atomic mass is 35.5. The fourth-order valence-corrected chi connectivity index (χ4v) is 2.76. The van der Waals surface area contributed by atoms with Crippen molar-refractivity contribution in [2.45, 2.75) is 52.1 Å². The highest BCUT2D eigenvalue weighted by Crippen LogP contribution is 2.23. The topological polar surface area (TPSA) is 29.9 Å². The van der Waals surface area contributed by atoms with Gasteiger partial charge in [0.15, 0.2) is 0 Å². The summed E-state index contributed by atoms with van der Waals surface area (Å²) >= 11 is 5.97. The van der Waals surface area contributed by atoms with Crippen molar-refractivity contribution in [2.75, 3.05) is 6.54 Å². The predicted octanol–water partition coefficient (Wildman–Crippen LogP) is 3.01. The van der Waals surface area contributed by atoms with E-state index in [4.69, 9.17) is 11.6 Å². The summed E-state index contributed by atoms with van der Waals surface area (Å²) in [5.41, 5.74) is 0.915. The number of hydrogen-bond donors (Lipinski definition) is 1. The van der Waals surface area contributed by atoms with Crippen LogP contribution in [-0.4, -0.2) is 22.4 Å². The molecule has 17 heavy (non-hydrogen) atoms. The summed E-state index contributed by atoms with van der Waals surface area (Å²) in [5, 5.41) is 8.74. The zero-order valence-electron chi connectivity index (χ0n) is 10.7. The van der Waals surface area contributed by atoms with Crippen LogP contribution in [0.4, 0.5) is 0 Å². The maximum Gasteiger partial charge on any atom is 0.0814 e.